The fourth-order valence-electron chi connectivity index (χ4n) is 2.36. The molecule has 0 unspecified atom stereocenters. The molecule has 1 N–H and O–H groups in total. The third-order valence-electron chi connectivity index (χ3n) is 3.81. The number of thiazole rings is 1. The maximum atomic E-state index is 11.0. The number of carboxylic acid groups (broad SMARTS) is 1. The van der Waals surface area contributed by atoms with Crippen molar-refractivity contribution in [1.82, 2.24) is 9.38 Å². The minimum Gasteiger partial charge on any atom is -0.476 e. The Bertz CT molecular complexity index is 845. The Morgan fingerprint density at radius 3 is 2.67 bits per heavy atom. The number of hydrogen-bond donors (Lipinski definition) is 1. The average Bonchev–Trinajstić information content (AvgIpc) is 2.96. The summed E-state index contributed by atoms with van der Waals surface area (Å²) in [6.07, 6.45) is 2.44. The predicted octanol–water partition coefficient (Wildman–Crippen LogP) is 3.61. The number of aromatic nitrogens is 2. The monoisotopic (exact) mass is 300 g/mol. The van der Waals surface area contributed by atoms with Gasteiger partial charge in [-0.1, -0.05) is 18.2 Å². The lowest BCUT2D eigenvalue weighted by Gasteiger charge is -2.04. The molecule has 3 aromatic rings. The zero-order chi connectivity index (χ0) is 15.1. The van der Waals surface area contributed by atoms with Gasteiger partial charge in [-0.25, -0.2) is 9.78 Å². The Morgan fingerprint density at radius 2 is 2.05 bits per heavy atom. The molecule has 0 aliphatic rings. The summed E-state index contributed by atoms with van der Waals surface area (Å²) in [6, 6.07) is 6.49. The summed E-state index contributed by atoms with van der Waals surface area (Å²) < 4.78 is 1.87. The van der Waals surface area contributed by atoms with Gasteiger partial charge in [0.1, 0.15) is 0 Å². The van der Waals surface area contributed by atoms with Crippen LogP contribution in [0.15, 0.2) is 24.4 Å². The molecule has 0 spiro atoms. The maximum Gasteiger partial charge on any atom is 0.356 e. The number of rotatable bonds is 3. The van der Waals surface area contributed by atoms with Gasteiger partial charge in [0.05, 0.1) is 0 Å². The molecule has 0 aliphatic carbocycles. The Kier molecular flexibility index (Phi) is 3.29. The first-order valence-corrected chi connectivity index (χ1v) is 7.54. The summed E-state index contributed by atoms with van der Waals surface area (Å²) in [5.41, 5.74) is 5.02. The molecule has 5 heteroatoms. The van der Waals surface area contributed by atoms with Gasteiger partial charge >= 0.3 is 5.97 Å². The van der Waals surface area contributed by atoms with Crippen LogP contribution in [-0.2, 0) is 6.42 Å². The van der Waals surface area contributed by atoms with Crippen LogP contribution >= 0.6 is 11.3 Å². The molecule has 0 bridgehead atoms. The molecule has 0 amide bonds. The second kappa shape index (κ2) is 5.00. The van der Waals surface area contributed by atoms with Crippen LogP contribution in [0.3, 0.4) is 0 Å². The van der Waals surface area contributed by atoms with Gasteiger partial charge in [-0.15, -0.1) is 11.3 Å². The van der Waals surface area contributed by atoms with E-state index in [1.165, 1.54) is 21.6 Å². The van der Waals surface area contributed by atoms with E-state index in [4.69, 9.17) is 5.11 Å². The van der Waals surface area contributed by atoms with Crippen LogP contribution in [0.4, 0.5) is 0 Å². The van der Waals surface area contributed by atoms with E-state index in [-0.39, 0.29) is 5.69 Å². The largest absolute Gasteiger partial charge is 0.476 e. The molecular weight excluding hydrogens is 284 g/mol. The molecule has 0 saturated carbocycles. The molecule has 0 saturated heterocycles. The standard InChI is InChI=1S/C16H16N2O2S/c1-9-4-5-12(6-10(9)2)7-14-11(3)18-8-13(15(19)20)17-16(18)21-14/h4-6,8H,7H2,1-3H3,(H,19,20). The highest BCUT2D eigenvalue weighted by molar-refractivity contribution is 7.17. The van der Waals surface area contributed by atoms with E-state index < -0.39 is 5.97 Å². The van der Waals surface area contributed by atoms with Gasteiger partial charge in [0.2, 0.25) is 0 Å². The average molecular weight is 300 g/mol. The van der Waals surface area contributed by atoms with Gasteiger partial charge in [-0.2, -0.15) is 0 Å². The van der Waals surface area contributed by atoms with Crippen LogP contribution in [0, 0.1) is 20.8 Å². The lowest BCUT2D eigenvalue weighted by molar-refractivity contribution is 0.0691. The molecule has 2 aromatic heterocycles. The number of aryl methyl sites for hydroxylation is 3. The number of nitrogens with zero attached hydrogens (tertiary/aromatic N) is 2. The van der Waals surface area contributed by atoms with E-state index in [9.17, 15) is 4.79 Å². The molecule has 1 aromatic carbocycles. The second-order valence-corrected chi connectivity index (χ2v) is 6.35. The SMILES string of the molecule is Cc1ccc(Cc2sc3nc(C(=O)O)cn3c2C)cc1C. The van der Waals surface area contributed by atoms with Crippen molar-refractivity contribution in [1.29, 1.82) is 0 Å². The van der Waals surface area contributed by atoms with Gasteiger partial charge in [0.25, 0.3) is 0 Å². The molecule has 0 radical (unpaired) electrons. The molecule has 0 fully saturated rings. The van der Waals surface area contributed by atoms with Crippen molar-refractivity contribution in [3.05, 3.63) is 57.4 Å². The van der Waals surface area contributed by atoms with E-state index in [1.807, 2.05) is 11.3 Å². The number of hydrogen-bond acceptors (Lipinski definition) is 3. The molecule has 2 heterocycles. The summed E-state index contributed by atoms with van der Waals surface area (Å²) in [5, 5.41) is 8.98. The van der Waals surface area contributed by atoms with E-state index in [2.05, 4.69) is 37.0 Å². The number of fused-ring (bicyclic) bond motifs is 1. The normalized spacial score (nSPS) is 11.2. The molecular formula is C16H16N2O2S. The molecule has 108 valence electrons. The van der Waals surface area contributed by atoms with Crippen LogP contribution < -0.4 is 0 Å². The molecule has 0 atom stereocenters. The highest BCUT2D eigenvalue weighted by Crippen LogP contribution is 2.26. The fraction of sp³-hybridized carbons (Fsp3) is 0.250. The molecule has 21 heavy (non-hydrogen) atoms. The van der Waals surface area contributed by atoms with Gasteiger partial charge in [0.15, 0.2) is 10.7 Å². The smallest absolute Gasteiger partial charge is 0.356 e. The van der Waals surface area contributed by atoms with Crippen molar-refractivity contribution in [2.45, 2.75) is 27.2 Å². The van der Waals surface area contributed by atoms with Crippen LogP contribution in [0.1, 0.15) is 37.7 Å². The lowest BCUT2D eigenvalue weighted by Crippen LogP contribution is -1.96. The number of imidazole rings is 1. The highest BCUT2D eigenvalue weighted by atomic mass is 32.1. The fourth-order valence-corrected chi connectivity index (χ4v) is 3.50. The first-order chi connectivity index (χ1) is 9.95. The van der Waals surface area contributed by atoms with Crippen molar-refractivity contribution in [3.63, 3.8) is 0 Å². The third-order valence-corrected chi connectivity index (χ3v) is 4.96. The molecule has 3 rings (SSSR count). The second-order valence-electron chi connectivity index (χ2n) is 5.29. The minimum atomic E-state index is -0.985. The van der Waals surface area contributed by atoms with Gasteiger partial charge in [0, 0.05) is 23.2 Å². The van der Waals surface area contributed by atoms with Gasteiger partial charge in [-0.3, -0.25) is 4.40 Å². The van der Waals surface area contributed by atoms with E-state index in [1.54, 1.807) is 17.5 Å². The summed E-state index contributed by atoms with van der Waals surface area (Å²) in [7, 11) is 0. The van der Waals surface area contributed by atoms with Crippen LogP contribution in [-0.4, -0.2) is 20.5 Å². The maximum absolute atomic E-state index is 11.0. The summed E-state index contributed by atoms with van der Waals surface area (Å²) in [4.78, 5) is 17.1. The number of carboxylic acids is 1. The van der Waals surface area contributed by atoms with Crippen LogP contribution in [0.2, 0.25) is 0 Å². The van der Waals surface area contributed by atoms with Crippen molar-refractivity contribution < 1.29 is 9.90 Å². The zero-order valence-corrected chi connectivity index (χ0v) is 13.0. The van der Waals surface area contributed by atoms with E-state index in [0.29, 0.717) is 0 Å². The Labute approximate surface area is 126 Å². The third kappa shape index (κ3) is 2.45. The number of benzene rings is 1. The van der Waals surface area contributed by atoms with Crippen LogP contribution in [0.5, 0.6) is 0 Å². The first kappa shape index (κ1) is 13.8. The van der Waals surface area contributed by atoms with Crippen molar-refractivity contribution in [2.24, 2.45) is 0 Å². The van der Waals surface area contributed by atoms with Gasteiger partial charge < -0.3 is 5.11 Å². The Hall–Kier alpha value is -2.14. The quantitative estimate of drug-likeness (QED) is 0.804. The van der Waals surface area contributed by atoms with Crippen LogP contribution in [0.25, 0.3) is 4.96 Å². The number of carbonyl (C=O) groups is 1. The summed E-state index contributed by atoms with van der Waals surface area (Å²) in [6.45, 7) is 6.23. The summed E-state index contributed by atoms with van der Waals surface area (Å²) >= 11 is 1.56. The summed E-state index contributed by atoms with van der Waals surface area (Å²) in [5.74, 6) is -0.985. The molecule has 4 nitrogen and oxygen atoms in total. The predicted molar refractivity (Wildman–Crippen MR) is 83.5 cm³/mol. The first-order valence-electron chi connectivity index (χ1n) is 6.72. The topological polar surface area (TPSA) is 54.6 Å². The van der Waals surface area contributed by atoms with E-state index >= 15 is 0 Å². The van der Waals surface area contributed by atoms with Gasteiger partial charge in [-0.05, 0) is 37.5 Å². The zero-order valence-electron chi connectivity index (χ0n) is 12.2. The van der Waals surface area contributed by atoms with E-state index in [0.717, 1.165) is 17.1 Å². The minimum absolute atomic E-state index is 0.0991. The van der Waals surface area contributed by atoms with Crippen molar-refractivity contribution in [2.75, 3.05) is 0 Å². The lowest BCUT2D eigenvalue weighted by atomic mass is 10.0. The number of aromatic carboxylic acids is 1. The highest BCUT2D eigenvalue weighted by Gasteiger charge is 2.15. The molecule has 0 aliphatic heterocycles. The van der Waals surface area contributed by atoms with Crippen molar-refractivity contribution >= 4 is 22.3 Å². The Balaban J connectivity index is 1.97. The van der Waals surface area contributed by atoms with Crippen molar-refractivity contribution in [3.8, 4) is 0 Å². The Morgan fingerprint density at radius 1 is 1.29 bits per heavy atom.